The van der Waals surface area contributed by atoms with Crippen molar-refractivity contribution < 1.29 is 4.79 Å². The van der Waals surface area contributed by atoms with E-state index in [-0.39, 0.29) is 5.25 Å². The Kier molecular flexibility index (Phi) is 5.47. The van der Waals surface area contributed by atoms with Crippen LogP contribution >= 0.6 is 11.8 Å². The van der Waals surface area contributed by atoms with Gasteiger partial charge in [-0.2, -0.15) is 0 Å². The van der Waals surface area contributed by atoms with E-state index >= 15 is 0 Å². The fourth-order valence-electron chi connectivity index (χ4n) is 1.65. The molecule has 1 N–H and O–H groups in total. The zero-order chi connectivity index (χ0) is 11.3. The largest absolute Gasteiger partial charge is 0.339 e. The van der Waals surface area contributed by atoms with Gasteiger partial charge in [0.2, 0.25) is 5.91 Å². The average Bonchev–Trinajstić information content (AvgIpc) is 2.29. The van der Waals surface area contributed by atoms with Crippen molar-refractivity contribution in [1.29, 1.82) is 0 Å². The molecule has 1 saturated heterocycles. The monoisotopic (exact) mass is 230 g/mol. The number of hydrogen-bond acceptors (Lipinski definition) is 3. The van der Waals surface area contributed by atoms with E-state index < -0.39 is 0 Å². The summed E-state index contributed by atoms with van der Waals surface area (Å²) in [7, 11) is 0. The summed E-state index contributed by atoms with van der Waals surface area (Å²) in [4.78, 5) is 14.0. The SMILES string of the molecule is CCC(C)SC(C)C(=O)N1CCNCC1. The normalized spacial score (nSPS) is 21.1. The fourth-order valence-corrected chi connectivity index (χ4v) is 2.80. The third-order valence-electron chi connectivity index (χ3n) is 2.79. The van der Waals surface area contributed by atoms with Crippen molar-refractivity contribution in [2.45, 2.75) is 37.7 Å². The summed E-state index contributed by atoms with van der Waals surface area (Å²) in [5.41, 5.74) is 0. The number of nitrogens with one attached hydrogen (secondary N) is 1. The predicted molar refractivity (Wildman–Crippen MR) is 66.3 cm³/mol. The molecule has 88 valence electrons. The quantitative estimate of drug-likeness (QED) is 0.791. The molecule has 0 radical (unpaired) electrons. The van der Waals surface area contributed by atoms with Gasteiger partial charge in [-0.15, -0.1) is 11.8 Å². The molecule has 1 aliphatic rings. The molecule has 1 rings (SSSR count). The molecule has 0 aromatic rings. The van der Waals surface area contributed by atoms with Crippen LogP contribution in [0.25, 0.3) is 0 Å². The maximum Gasteiger partial charge on any atom is 0.235 e. The summed E-state index contributed by atoms with van der Waals surface area (Å²) in [5.74, 6) is 0.307. The first kappa shape index (κ1) is 12.8. The number of carbonyl (C=O) groups is 1. The van der Waals surface area contributed by atoms with E-state index in [1.165, 1.54) is 0 Å². The Bertz CT molecular complexity index is 205. The molecule has 1 amide bonds. The summed E-state index contributed by atoms with van der Waals surface area (Å²) in [5, 5.41) is 3.94. The summed E-state index contributed by atoms with van der Waals surface area (Å²) < 4.78 is 0. The van der Waals surface area contributed by atoms with E-state index in [9.17, 15) is 4.79 Å². The van der Waals surface area contributed by atoms with E-state index in [1.807, 2.05) is 11.8 Å². The highest BCUT2D eigenvalue weighted by molar-refractivity contribution is 8.01. The van der Waals surface area contributed by atoms with Crippen LogP contribution < -0.4 is 5.32 Å². The van der Waals surface area contributed by atoms with Gasteiger partial charge in [0.25, 0.3) is 0 Å². The van der Waals surface area contributed by atoms with Gasteiger partial charge in [0.05, 0.1) is 5.25 Å². The van der Waals surface area contributed by atoms with Crippen molar-refractivity contribution in [3.63, 3.8) is 0 Å². The van der Waals surface area contributed by atoms with E-state index in [4.69, 9.17) is 0 Å². The molecular formula is C11H22N2OS. The van der Waals surface area contributed by atoms with Crippen molar-refractivity contribution in [3.05, 3.63) is 0 Å². The maximum absolute atomic E-state index is 12.0. The van der Waals surface area contributed by atoms with Gasteiger partial charge in [0.1, 0.15) is 0 Å². The minimum atomic E-state index is 0.109. The zero-order valence-corrected chi connectivity index (χ0v) is 10.8. The molecule has 0 aromatic carbocycles. The number of thioether (sulfide) groups is 1. The molecule has 1 aliphatic heterocycles. The van der Waals surface area contributed by atoms with Gasteiger partial charge >= 0.3 is 0 Å². The van der Waals surface area contributed by atoms with Gasteiger partial charge in [-0.05, 0) is 13.3 Å². The zero-order valence-electron chi connectivity index (χ0n) is 9.95. The first-order valence-corrected chi connectivity index (χ1v) is 6.74. The lowest BCUT2D eigenvalue weighted by Gasteiger charge is -2.30. The number of piperazine rings is 1. The Morgan fingerprint density at radius 1 is 1.40 bits per heavy atom. The molecule has 1 heterocycles. The molecule has 0 aliphatic carbocycles. The number of rotatable bonds is 4. The van der Waals surface area contributed by atoms with Crippen LogP contribution in [0.1, 0.15) is 27.2 Å². The molecule has 0 aromatic heterocycles. The van der Waals surface area contributed by atoms with Gasteiger partial charge in [-0.3, -0.25) is 4.79 Å². The second-order valence-corrected chi connectivity index (χ2v) is 5.86. The topological polar surface area (TPSA) is 32.3 Å². The molecule has 0 bridgehead atoms. The lowest BCUT2D eigenvalue weighted by Crippen LogP contribution is -2.48. The van der Waals surface area contributed by atoms with E-state index in [1.54, 1.807) is 11.8 Å². The maximum atomic E-state index is 12.0. The van der Waals surface area contributed by atoms with Crippen LogP contribution in [-0.2, 0) is 4.79 Å². The molecule has 0 saturated carbocycles. The van der Waals surface area contributed by atoms with Crippen LogP contribution in [0, 0.1) is 0 Å². The standard InChI is InChI=1S/C11H22N2OS/c1-4-9(2)15-10(3)11(14)13-7-5-12-6-8-13/h9-10,12H,4-8H2,1-3H3. The van der Waals surface area contributed by atoms with Crippen molar-refractivity contribution in [1.82, 2.24) is 10.2 Å². The Balaban J connectivity index is 2.37. The third-order valence-corrected chi connectivity index (χ3v) is 4.20. The number of amides is 1. The Morgan fingerprint density at radius 2 is 2.00 bits per heavy atom. The molecule has 2 unspecified atom stereocenters. The van der Waals surface area contributed by atoms with Crippen LogP contribution in [0.3, 0.4) is 0 Å². The van der Waals surface area contributed by atoms with Crippen LogP contribution in [0.2, 0.25) is 0 Å². The predicted octanol–water partition coefficient (Wildman–Crippen LogP) is 1.34. The third kappa shape index (κ3) is 4.03. The van der Waals surface area contributed by atoms with Crippen LogP contribution in [0.5, 0.6) is 0 Å². The van der Waals surface area contributed by atoms with Crippen LogP contribution in [0.15, 0.2) is 0 Å². The molecule has 1 fully saturated rings. The second-order valence-electron chi connectivity index (χ2n) is 4.07. The van der Waals surface area contributed by atoms with Gasteiger partial charge in [0.15, 0.2) is 0 Å². The summed E-state index contributed by atoms with van der Waals surface area (Å²) >= 11 is 1.79. The molecular weight excluding hydrogens is 208 g/mol. The highest BCUT2D eigenvalue weighted by atomic mass is 32.2. The minimum absolute atomic E-state index is 0.109. The van der Waals surface area contributed by atoms with Crippen molar-refractivity contribution in [2.75, 3.05) is 26.2 Å². The lowest BCUT2D eigenvalue weighted by molar-refractivity contribution is -0.130. The minimum Gasteiger partial charge on any atom is -0.339 e. The van der Waals surface area contributed by atoms with Gasteiger partial charge in [0, 0.05) is 31.4 Å². The van der Waals surface area contributed by atoms with Crippen molar-refractivity contribution >= 4 is 17.7 Å². The molecule has 4 heteroatoms. The summed E-state index contributed by atoms with van der Waals surface area (Å²) in [6.07, 6.45) is 1.13. The van der Waals surface area contributed by atoms with Gasteiger partial charge < -0.3 is 10.2 Å². The fraction of sp³-hybridized carbons (Fsp3) is 0.909. The lowest BCUT2D eigenvalue weighted by atomic mass is 10.3. The van der Waals surface area contributed by atoms with Gasteiger partial charge in [-0.25, -0.2) is 0 Å². The Morgan fingerprint density at radius 3 is 2.53 bits per heavy atom. The summed E-state index contributed by atoms with van der Waals surface area (Å²) in [6, 6.07) is 0. The Labute approximate surface area is 97.0 Å². The first-order chi connectivity index (χ1) is 7.15. The summed E-state index contributed by atoms with van der Waals surface area (Å²) in [6.45, 7) is 9.99. The van der Waals surface area contributed by atoms with Gasteiger partial charge in [-0.1, -0.05) is 13.8 Å². The number of hydrogen-bond donors (Lipinski definition) is 1. The molecule has 0 spiro atoms. The number of carbonyl (C=O) groups excluding carboxylic acids is 1. The van der Waals surface area contributed by atoms with E-state index in [0.717, 1.165) is 32.6 Å². The van der Waals surface area contributed by atoms with E-state index in [2.05, 4.69) is 19.2 Å². The van der Waals surface area contributed by atoms with Crippen molar-refractivity contribution in [2.24, 2.45) is 0 Å². The average molecular weight is 230 g/mol. The van der Waals surface area contributed by atoms with Crippen LogP contribution in [-0.4, -0.2) is 47.5 Å². The van der Waals surface area contributed by atoms with Crippen molar-refractivity contribution in [3.8, 4) is 0 Å². The smallest absolute Gasteiger partial charge is 0.235 e. The molecule has 15 heavy (non-hydrogen) atoms. The molecule has 2 atom stereocenters. The van der Waals surface area contributed by atoms with E-state index in [0.29, 0.717) is 11.2 Å². The highest BCUT2D eigenvalue weighted by Crippen LogP contribution is 2.21. The first-order valence-electron chi connectivity index (χ1n) is 5.80. The highest BCUT2D eigenvalue weighted by Gasteiger charge is 2.23. The van der Waals surface area contributed by atoms with Crippen LogP contribution in [0.4, 0.5) is 0 Å². The number of nitrogens with zero attached hydrogens (tertiary/aromatic N) is 1. The Hall–Kier alpha value is -0.220. The second kappa shape index (κ2) is 6.38. The molecule has 3 nitrogen and oxygen atoms in total.